The number of aromatic nitrogens is 2. The molecule has 3 aromatic rings. The van der Waals surface area contributed by atoms with Gasteiger partial charge in [0.1, 0.15) is 0 Å². The summed E-state index contributed by atoms with van der Waals surface area (Å²) in [5.74, 6) is -0.161. The summed E-state index contributed by atoms with van der Waals surface area (Å²) < 4.78 is 6.92. The van der Waals surface area contributed by atoms with E-state index in [1.807, 2.05) is 61.5 Å². The number of benzene rings is 2. The fraction of sp³-hybridized carbons (Fsp3) is 0.346. The monoisotopic (exact) mass is 448 g/mol. The Balaban J connectivity index is 2.06. The first-order chi connectivity index (χ1) is 15.8. The molecule has 0 fully saturated rings. The molecule has 0 saturated carbocycles. The Morgan fingerprint density at radius 3 is 2.39 bits per heavy atom. The predicted molar refractivity (Wildman–Crippen MR) is 130 cm³/mol. The number of hydrogen-bond donors (Lipinski definition) is 2. The summed E-state index contributed by atoms with van der Waals surface area (Å²) in [5, 5.41) is 10.2. The number of amides is 2. The Bertz CT molecular complexity index is 1110. The van der Waals surface area contributed by atoms with E-state index < -0.39 is 0 Å². The second kappa shape index (κ2) is 10.9. The highest BCUT2D eigenvalue weighted by Gasteiger charge is 2.18. The van der Waals surface area contributed by atoms with Gasteiger partial charge in [-0.05, 0) is 47.7 Å². The van der Waals surface area contributed by atoms with E-state index in [0.717, 1.165) is 28.1 Å². The molecule has 33 heavy (non-hydrogen) atoms. The summed E-state index contributed by atoms with van der Waals surface area (Å²) in [5.41, 5.74) is 4.97. The van der Waals surface area contributed by atoms with Gasteiger partial charge in [0.2, 0.25) is 5.91 Å². The summed E-state index contributed by atoms with van der Waals surface area (Å²) >= 11 is 0. The van der Waals surface area contributed by atoms with Crippen LogP contribution >= 0.6 is 0 Å². The molecule has 0 radical (unpaired) electrons. The summed E-state index contributed by atoms with van der Waals surface area (Å²) in [6.45, 7) is 6.49. The lowest BCUT2D eigenvalue weighted by Gasteiger charge is -2.15. The Kier molecular flexibility index (Phi) is 8.01. The van der Waals surface area contributed by atoms with Gasteiger partial charge in [0.15, 0.2) is 5.69 Å². The summed E-state index contributed by atoms with van der Waals surface area (Å²) in [4.78, 5) is 24.9. The van der Waals surface area contributed by atoms with Gasteiger partial charge >= 0.3 is 0 Å². The highest BCUT2D eigenvalue weighted by atomic mass is 16.5. The number of rotatable bonds is 9. The molecular formula is C26H32N4O3. The molecule has 7 nitrogen and oxygen atoms in total. The van der Waals surface area contributed by atoms with Crippen molar-refractivity contribution in [1.82, 2.24) is 20.4 Å². The zero-order chi connectivity index (χ0) is 24.0. The van der Waals surface area contributed by atoms with Crippen LogP contribution < -0.4 is 10.6 Å². The number of hydrogen-bond acceptors (Lipinski definition) is 4. The maximum Gasteiger partial charge on any atom is 0.271 e. The maximum absolute atomic E-state index is 12.7. The predicted octanol–water partition coefficient (Wildman–Crippen LogP) is 3.72. The van der Waals surface area contributed by atoms with Gasteiger partial charge in [0, 0.05) is 25.9 Å². The lowest BCUT2D eigenvalue weighted by Crippen LogP contribution is -2.36. The van der Waals surface area contributed by atoms with Crippen LogP contribution in [0.1, 0.15) is 48.4 Å². The van der Waals surface area contributed by atoms with Crippen LogP contribution in [0.4, 0.5) is 0 Å². The molecule has 0 saturated heterocycles. The van der Waals surface area contributed by atoms with Gasteiger partial charge in [-0.1, -0.05) is 50.2 Å². The van der Waals surface area contributed by atoms with Crippen molar-refractivity contribution in [2.24, 2.45) is 0 Å². The van der Waals surface area contributed by atoms with Crippen molar-refractivity contribution < 1.29 is 14.3 Å². The molecule has 1 heterocycles. The zero-order valence-electron chi connectivity index (χ0n) is 19.9. The molecular weight excluding hydrogens is 416 g/mol. The van der Waals surface area contributed by atoms with Crippen LogP contribution in [0.5, 0.6) is 0 Å². The molecule has 0 aliphatic carbocycles. The Labute approximate surface area is 195 Å². The molecule has 2 aromatic carbocycles. The minimum atomic E-state index is -0.235. The van der Waals surface area contributed by atoms with Crippen molar-refractivity contribution in [3.05, 3.63) is 71.5 Å². The highest BCUT2D eigenvalue weighted by molar-refractivity contribution is 5.92. The van der Waals surface area contributed by atoms with Crippen LogP contribution in [-0.4, -0.2) is 48.4 Å². The van der Waals surface area contributed by atoms with Gasteiger partial charge in [0.25, 0.3) is 5.91 Å². The van der Waals surface area contributed by atoms with Crippen LogP contribution in [0, 0.1) is 0 Å². The average Bonchev–Trinajstić information content (AvgIpc) is 3.25. The minimum absolute atomic E-state index is 0.0759. The van der Waals surface area contributed by atoms with E-state index in [1.54, 1.807) is 18.8 Å². The summed E-state index contributed by atoms with van der Waals surface area (Å²) in [6, 6.07) is 17.8. The van der Waals surface area contributed by atoms with Crippen LogP contribution in [-0.2, 0) is 16.0 Å². The molecule has 0 aliphatic rings. The number of nitrogens with one attached hydrogen (secondary N) is 2. The first-order valence-electron chi connectivity index (χ1n) is 11.1. The number of methoxy groups -OCH3 is 1. The average molecular weight is 449 g/mol. The van der Waals surface area contributed by atoms with E-state index in [-0.39, 0.29) is 30.2 Å². The minimum Gasteiger partial charge on any atom is -0.383 e. The standard InChI is InChI=1S/C26H32N4O3/c1-17(2)24-15-23(26(32)27-4)29-30(24)22-12-19(13-25(31)28-18(3)16-33-5)11-21(14-22)20-9-7-6-8-10-20/h6-12,14-15,17-18H,13,16H2,1-5H3,(H,27,32)(H,28,31). The normalized spacial score (nSPS) is 11.9. The number of ether oxygens (including phenoxy) is 1. The fourth-order valence-corrected chi connectivity index (χ4v) is 3.75. The zero-order valence-corrected chi connectivity index (χ0v) is 19.9. The van der Waals surface area contributed by atoms with E-state index >= 15 is 0 Å². The summed E-state index contributed by atoms with van der Waals surface area (Å²) in [7, 11) is 3.20. The van der Waals surface area contributed by atoms with Gasteiger partial charge in [-0.15, -0.1) is 0 Å². The molecule has 2 amide bonds. The van der Waals surface area contributed by atoms with Crippen LogP contribution in [0.15, 0.2) is 54.6 Å². The van der Waals surface area contributed by atoms with Gasteiger partial charge in [-0.2, -0.15) is 5.10 Å². The van der Waals surface area contributed by atoms with E-state index in [0.29, 0.717) is 12.3 Å². The second-order valence-corrected chi connectivity index (χ2v) is 8.45. The SMILES string of the molecule is CNC(=O)c1cc(C(C)C)n(-c2cc(CC(=O)NC(C)COC)cc(-c3ccccc3)c2)n1. The Morgan fingerprint density at radius 2 is 1.76 bits per heavy atom. The van der Waals surface area contributed by atoms with E-state index in [9.17, 15) is 9.59 Å². The van der Waals surface area contributed by atoms with Gasteiger partial charge < -0.3 is 15.4 Å². The molecule has 174 valence electrons. The molecule has 0 aliphatic heterocycles. The first kappa shape index (κ1) is 24.2. The van der Waals surface area contributed by atoms with Crippen LogP contribution in [0.2, 0.25) is 0 Å². The topological polar surface area (TPSA) is 85.2 Å². The van der Waals surface area contributed by atoms with Crippen molar-refractivity contribution in [3.63, 3.8) is 0 Å². The van der Waals surface area contributed by atoms with Gasteiger partial charge in [-0.25, -0.2) is 4.68 Å². The van der Waals surface area contributed by atoms with E-state index in [4.69, 9.17) is 4.74 Å². The Hall–Kier alpha value is -3.45. The summed E-state index contributed by atoms with van der Waals surface area (Å²) in [6.07, 6.45) is 0.225. The lowest BCUT2D eigenvalue weighted by atomic mass is 10.00. The van der Waals surface area contributed by atoms with Crippen molar-refractivity contribution in [2.45, 2.75) is 39.2 Å². The molecule has 7 heteroatoms. The largest absolute Gasteiger partial charge is 0.383 e. The fourth-order valence-electron chi connectivity index (χ4n) is 3.75. The van der Waals surface area contributed by atoms with Crippen LogP contribution in [0.3, 0.4) is 0 Å². The molecule has 2 N–H and O–H groups in total. The number of nitrogens with zero attached hydrogens (tertiary/aromatic N) is 2. The quantitative estimate of drug-likeness (QED) is 0.523. The molecule has 1 aromatic heterocycles. The molecule has 1 atom stereocenters. The lowest BCUT2D eigenvalue weighted by molar-refractivity contribution is -0.121. The maximum atomic E-state index is 12.7. The first-order valence-corrected chi connectivity index (χ1v) is 11.1. The van der Waals surface area contributed by atoms with Crippen molar-refractivity contribution in [2.75, 3.05) is 20.8 Å². The van der Waals surface area contributed by atoms with Crippen molar-refractivity contribution in [3.8, 4) is 16.8 Å². The third kappa shape index (κ3) is 6.08. The highest BCUT2D eigenvalue weighted by Crippen LogP contribution is 2.27. The number of carbonyl (C=O) groups excluding carboxylic acids is 2. The van der Waals surface area contributed by atoms with Crippen molar-refractivity contribution in [1.29, 1.82) is 0 Å². The molecule has 1 unspecified atom stereocenters. The van der Waals surface area contributed by atoms with Crippen molar-refractivity contribution >= 4 is 11.8 Å². The Morgan fingerprint density at radius 1 is 1.03 bits per heavy atom. The molecule has 0 bridgehead atoms. The third-order valence-corrected chi connectivity index (χ3v) is 5.31. The molecule has 0 spiro atoms. The third-order valence-electron chi connectivity index (χ3n) is 5.31. The van der Waals surface area contributed by atoms with Gasteiger partial charge in [-0.3, -0.25) is 9.59 Å². The number of carbonyl (C=O) groups is 2. The van der Waals surface area contributed by atoms with E-state index in [2.05, 4.69) is 29.6 Å². The smallest absolute Gasteiger partial charge is 0.271 e. The second-order valence-electron chi connectivity index (χ2n) is 8.45. The van der Waals surface area contributed by atoms with Gasteiger partial charge in [0.05, 0.1) is 18.7 Å². The van der Waals surface area contributed by atoms with E-state index in [1.165, 1.54) is 0 Å². The van der Waals surface area contributed by atoms with Crippen LogP contribution in [0.25, 0.3) is 16.8 Å². The molecule has 3 rings (SSSR count).